The van der Waals surface area contributed by atoms with Crippen LogP contribution in [-0.2, 0) is 30.6 Å². The molecule has 1 saturated heterocycles. The fourth-order valence-electron chi connectivity index (χ4n) is 3.33. The largest absolute Gasteiger partial charge is 0.457 e. The maximum absolute atomic E-state index is 13.0. The molecule has 1 aliphatic heterocycles. The highest BCUT2D eigenvalue weighted by atomic mass is 32.2. The van der Waals surface area contributed by atoms with Gasteiger partial charge in [-0.1, -0.05) is 6.07 Å². The molecule has 36 heavy (non-hydrogen) atoms. The number of nitrogens with zero attached hydrogens (tertiary/aromatic N) is 1. The number of rotatable bonds is 5. The number of amides is 3. The van der Waals surface area contributed by atoms with Crippen molar-refractivity contribution >= 4 is 39.5 Å². The van der Waals surface area contributed by atoms with Crippen LogP contribution in [0.5, 0.6) is 0 Å². The van der Waals surface area contributed by atoms with Crippen LogP contribution < -0.4 is 15.2 Å². The molecule has 0 spiro atoms. The first-order valence-electron chi connectivity index (χ1n) is 10.1. The summed E-state index contributed by atoms with van der Waals surface area (Å²) < 4.78 is 70.6. The van der Waals surface area contributed by atoms with E-state index in [1.54, 1.807) is 0 Å². The Morgan fingerprint density at radius 1 is 1.06 bits per heavy atom. The van der Waals surface area contributed by atoms with Gasteiger partial charge in [0.25, 0.3) is 21.8 Å². The number of halogens is 3. The molecule has 9 nitrogen and oxygen atoms in total. The number of carbonyl (C=O) groups is 3. The Labute approximate surface area is 202 Å². The first-order chi connectivity index (χ1) is 16.8. The number of benzene rings is 2. The third-order valence-corrected chi connectivity index (χ3v) is 6.41. The van der Waals surface area contributed by atoms with Crippen LogP contribution in [0.2, 0.25) is 0 Å². The Bertz CT molecular complexity index is 1510. The molecular weight excluding hydrogens is 503 g/mol. The topological polar surface area (TPSA) is 126 Å². The van der Waals surface area contributed by atoms with Crippen molar-refractivity contribution < 1.29 is 40.4 Å². The lowest BCUT2D eigenvalue weighted by atomic mass is 10.1. The van der Waals surface area contributed by atoms with Gasteiger partial charge in [-0.2, -0.15) is 13.2 Å². The molecule has 0 saturated carbocycles. The molecular formula is C23H16F3N3O6S. The lowest BCUT2D eigenvalue weighted by molar-refractivity contribution is -0.137. The number of carbonyl (C=O) groups excluding carboxylic acids is 3. The quantitative estimate of drug-likeness (QED) is 0.394. The molecule has 0 atom stereocenters. The molecule has 1 aromatic heterocycles. The summed E-state index contributed by atoms with van der Waals surface area (Å²) in [6.45, 7) is 1.07. The highest BCUT2D eigenvalue weighted by Gasteiger charge is 2.37. The average molecular weight is 519 g/mol. The molecule has 0 bridgehead atoms. The SMILES string of the molecule is CC(=O)NS(=O)(=O)c1ccc(-c2ccc(C=C3C(=O)NN(c4cccc(C(F)(F)F)c4)C3=O)o2)cc1. The molecule has 2 N–H and O–H groups in total. The van der Waals surface area contributed by atoms with Crippen LogP contribution >= 0.6 is 0 Å². The number of sulfonamides is 1. The van der Waals surface area contributed by atoms with Gasteiger partial charge in [0.05, 0.1) is 16.1 Å². The molecule has 0 unspecified atom stereocenters. The van der Waals surface area contributed by atoms with Crippen molar-refractivity contribution in [2.45, 2.75) is 18.0 Å². The number of hydrazine groups is 1. The lowest BCUT2D eigenvalue weighted by Crippen LogP contribution is -2.35. The van der Waals surface area contributed by atoms with Crippen LogP contribution in [-0.4, -0.2) is 26.1 Å². The van der Waals surface area contributed by atoms with E-state index in [0.29, 0.717) is 10.6 Å². The molecule has 2 aromatic carbocycles. The van der Waals surface area contributed by atoms with Crippen molar-refractivity contribution in [3.63, 3.8) is 0 Å². The number of alkyl halides is 3. The van der Waals surface area contributed by atoms with Crippen LogP contribution in [0, 0.1) is 0 Å². The highest BCUT2D eigenvalue weighted by Crippen LogP contribution is 2.32. The summed E-state index contributed by atoms with van der Waals surface area (Å²) in [5, 5.41) is 0.710. The summed E-state index contributed by atoms with van der Waals surface area (Å²) in [4.78, 5) is 36.0. The second-order valence-electron chi connectivity index (χ2n) is 7.58. The molecule has 3 amide bonds. The van der Waals surface area contributed by atoms with Gasteiger partial charge in [0.2, 0.25) is 5.91 Å². The van der Waals surface area contributed by atoms with Gasteiger partial charge in [0.15, 0.2) is 0 Å². The van der Waals surface area contributed by atoms with E-state index in [9.17, 15) is 36.0 Å². The summed E-state index contributed by atoms with van der Waals surface area (Å²) in [5.74, 6) is -2.05. The molecule has 0 aliphatic carbocycles. The van der Waals surface area contributed by atoms with Gasteiger partial charge in [0.1, 0.15) is 17.1 Å². The minimum Gasteiger partial charge on any atom is -0.457 e. The van der Waals surface area contributed by atoms with Crippen molar-refractivity contribution in [2.75, 3.05) is 5.01 Å². The first kappa shape index (κ1) is 24.7. The molecule has 186 valence electrons. The van der Waals surface area contributed by atoms with Gasteiger partial charge in [0, 0.05) is 12.5 Å². The molecule has 1 fully saturated rings. The number of furan rings is 1. The Kier molecular flexibility index (Phi) is 6.18. The maximum Gasteiger partial charge on any atom is 0.416 e. The van der Waals surface area contributed by atoms with Crippen molar-refractivity contribution in [3.05, 3.63) is 77.6 Å². The summed E-state index contributed by atoms with van der Waals surface area (Å²) >= 11 is 0. The van der Waals surface area contributed by atoms with Gasteiger partial charge in [-0.25, -0.2) is 18.1 Å². The number of hydrogen-bond acceptors (Lipinski definition) is 6. The maximum atomic E-state index is 13.0. The summed E-state index contributed by atoms with van der Waals surface area (Å²) in [6, 6.07) is 12.3. The standard InChI is InChI=1S/C23H16F3N3O6S/c1-13(30)28-36(33,34)18-8-5-14(6-9-18)20-10-7-17(35-20)12-19-21(31)27-29(22(19)32)16-4-2-3-15(11-16)23(24,25)26/h2-12H,1H3,(H,27,31)(H,28,30). The predicted molar refractivity (Wildman–Crippen MR) is 120 cm³/mol. The normalized spacial score (nSPS) is 15.3. The first-order valence-corrected chi connectivity index (χ1v) is 11.6. The van der Waals surface area contributed by atoms with Crippen LogP contribution in [0.4, 0.5) is 18.9 Å². The number of hydrogen-bond donors (Lipinski definition) is 2. The van der Waals surface area contributed by atoms with Gasteiger partial charge in [-0.3, -0.25) is 19.8 Å². The Hall–Kier alpha value is -4.39. The van der Waals surface area contributed by atoms with Gasteiger partial charge in [-0.05, 0) is 60.7 Å². The van der Waals surface area contributed by atoms with Gasteiger partial charge < -0.3 is 4.42 Å². The van der Waals surface area contributed by atoms with E-state index in [4.69, 9.17) is 4.42 Å². The van der Waals surface area contributed by atoms with E-state index < -0.39 is 39.5 Å². The van der Waals surface area contributed by atoms with Crippen LogP contribution in [0.25, 0.3) is 17.4 Å². The summed E-state index contributed by atoms with van der Waals surface area (Å²) in [7, 11) is -4.01. The van der Waals surface area contributed by atoms with Crippen molar-refractivity contribution in [1.82, 2.24) is 10.1 Å². The fraction of sp³-hybridized carbons (Fsp3) is 0.0870. The highest BCUT2D eigenvalue weighted by molar-refractivity contribution is 7.90. The average Bonchev–Trinajstić information content (AvgIpc) is 3.38. The van der Waals surface area contributed by atoms with Crippen molar-refractivity contribution in [3.8, 4) is 11.3 Å². The minimum absolute atomic E-state index is 0.101. The lowest BCUT2D eigenvalue weighted by Gasteiger charge is -2.16. The van der Waals surface area contributed by atoms with E-state index in [1.165, 1.54) is 42.5 Å². The molecule has 2 heterocycles. The zero-order valence-electron chi connectivity index (χ0n) is 18.3. The monoisotopic (exact) mass is 519 g/mol. The van der Waals surface area contributed by atoms with E-state index >= 15 is 0 Å². The summed E-state index contributed by atoms with van der Waals surface area (Å²) in [6.07, 6.45) is -3.48. The molecule has 1 aliphatic rings. The second-order valence-corrected chi connectivity index (χ2v) is 9.26. The smallest absolute Gasteiger partial charge is 0.416 e. The molecule has 0 radical (unpaired) electrons. The third kappa shape index (κ3) is 5.00. The van der Waals surface area contributed by atoms with Crippen LogP contribution in [0.3, 0.4) is 0 Å². The Balaban J connectivity index is 1.56. The zero-order valence-corrected chi connectivity index (χ0v) is 19.1. The second kappa shape index (κ2) is 9.00. The van der Waals surface area contributed by atoms with Gasteiger partial charge in [-0.15, -0.1) is 0 Å². The predicted octanol–water partition coefficient (Wildman–Crippen LogP) is 3.25. The molecule has 3 aromatic rings. The minimum atomic E-state index is -4.63. The number of nitrogens with one attached hydrogen (secondary N) is 2. The van der Waals surface area contributed by atoms with Crippen molar-refractivity contribution in [2.24, 2.45) is 0 Å². The number of anilines is 1. The fourth-order valence-corrected chi connectivity index (χ4v) is 4.33. The Morgan fingerprint density at radius 3 is 2.39 bits per heavy atom. The van der Waals surface area contributed by atoms with E-state index in [2.05, 4.69) is 5.43 Å². The van der Waals surface area contributed by atoms with E-state index in [0.717, 1.165) is 31.2 Å². The van der Waals surface area contributed by atoms with Gasteiger partial charge >= 0.3 is 6.18 Å². The molecule has 13 heteroatoms. The summed E-state index contributed by atoms with van der Waals surface area (Å²) in [5.41, 5.74) is 1.19. The van der Waals surface area contributed by atoms with E-state index in [1.807, 2.05) is 4.72 Å². The molecule has 4 rings (SSSR count). The van der Waals surface area contributed by atoms with E-state index in [-0.39, 0.29) is 27.7 Å². The van der Waals surface area contributed by atoms with Crippen LogP contribution in [0.1, 0.15) is 18.2 Å². The third-order valence-electron chi connectivity index (χ3n) is 4.96. The van der Waals surface area contributed by atoms with Crippen LogP contribution in [0.15, 0.2) is 75.5 Å². The Morgan fingerprint density at radius 2 is 1.75 bits per heavy atom. The zero-order chi connectivity index (χ0) is 26.3. The van der Waals surface area contributed by atoms with Crippen molar-refractivity contribution in [1.29, 1.82) is 0 Å².